The lowest BCUT2D eigenvalue weighted by molar-refractivity contribution is 1.40. The zero-order valence-corrected chi connectivity index (χ0v) is 15.8. The summed E-state index contributed by atoms with van der Waals surface area (Å²) >= 11 is 11.9. The topological polar surface area (TPSA) is 36.2 Å². The number of rotatable bonds is 4. The Labute approximate surface area is 158 Å². The summed E-state index contributed by atoms with van der Waals surface area (Å²) in [5, 5.41) is 11.4. The van der Waals surface area contributed by atoms with E-state index < -0.39 is 11.9 Å². The Balaban J connectivity index is 2.43. The first-order valence-corrected chi connectivity index (χ1v) is 10.4. The zero-order valence-electron chi connectivity index (χ0n) is 13.4. The van der Waals surface area contributed by atoms with Gasteiger partial charge in [-0.2, -0.15) is 0 Å². The summed E-state index contributed by atoms with van der Waals surface area (Å²) in [6.07, 6.45) is 0. The zero-order chi connectivity index (χ0) is 17.7. The molecule has 5 heteroatoms. The number of nitrogens with one attached hydrogen (secondary N) is 1. The van der Waals surface area contributed by atoms with Crippen LogP contribution in [0.2, 0.25) is 0 Å². The van der Waals surface area contributed by atoms with Crippen LogP contribution in [0.25, 0.3) is 0 Å². The van der Waals surface area contributed by atoms with Gasteiger partial charge in [-0.15, -0.1) is 0 Å². The van der Waals surface area contributed by atoms with Crippen molar-refractivity contribution < 1.29 is 0 Å². The van der Waals surface area contributed by atoms with Crippen LogP contribution < -0.4 is 15.9 Å². The van der Waals surface area contributed by atoms with Crippen LogP contribution in [0.3, 0.4) is 0 Å². The second-order valence-electron chi connectivity index (χ2n) is 5.43. The van der Waals surface area contributed by atoms with Crippen LogP contribution in [0.5, 0.6) is 0 Å². The quantitative estimate of drug-likeness (QED) is 0.285. The number of hydrogen-bond acceptors (Lipinski definition) is 1. The van der Waals surface area contributed by atoms with Gasteiger partial charge in [0.25, 0.3) is 0 Å². The third kappa shape index (κ3) is 3.72. The molecule has 0 atom stereocenters. The van der Waals surface area contributed by atoms with E-state index in [1.165, 1.54) is 0 Å². The Hall–Kier alpha value is -1.86. The molecule has 0 bridgehead atoms. The summed E-state index contributed by atoms with van der Waals surface area (Å²) in [6, 6.07) is 30.2. The molecule has 1 N–H and O–H groups in total. The van der Waals surface area contributed by atoms with E-state index in [0.717, 1.165) is 15.9 Å². The van der Waals surface area contributed by atoms with Crippen molar-refractivity contribution >= 4 is 52.0 Å². The molecular weight excluding hydrogens is 370 g/mol. The van der Waals surface area contributed by atoms with Gasteiger partial charge in [-0.25, -0.2) is 4.74 Å². The van der Waals surface area contributed by atoms with Crippen molar-refractivity contribution in [2.45, 2.75) is 4.84 Å². The molecule has 2 nitrogen and oxygen atoms in total. The van der Waals surface area contributed by atoms with E-state index in [-0.39, 0.29) is 5.84 Å². The summed E-state index contributed by atoms with van der Waals surface area (Å²) in [5.74, 6) is -0.0202. The molecule has 3 rings (SSSR count). The van der Waals surface area contributed by atoms with Crippen molar-refractivity contribution in [3.63, 3.8) is 0 Å². The van der Waals surface area contributed by atoms with E-state index >= 15 is 0 Å². The number of nitrogens with zero attached hydrogens (tertiary/aromatic N) is 1. The predicted octanol–water partition coefficient (Wildman–Crippen LogP) is 4.95. The van der Waals surface area contributed by atoms with E-state index in [0.29, 0.717) is 0 Å². The van der Waals surface area contributed by atoms with Crippen LogP contribution >= 0.6 is 30.3 Å². The average Bonchev–Trinajstić information content (AvgIpc) is 2.68. The second-order valence-corrected chi connectivity index (χ2v) is 9.54. The molecule has 0 fully saturated rings. The Morgan fingerprint density at radius 2 is 1.00 bits per heavy atom. The number of benzene rings is 3. The summed E-state index contributed by atoms with van der Waals surface area (Å²) in [7, 11) is -2.43. The molecule has 3 aromatic carbocycles. The lowest BCUT2D eigenvalue weighted by atomic mass is 10.4. The van der Waals surface area contributed by atoms with Crippen LogP contribution in [0.1, 0.15) is 0 Å². The standard InChI is InChI=1S/C20H17Cl2N2P/c21-19(22)20(23)24-25(16-10-4-1-5-11-16,17-12-6-2-7-13-17)18-14-8-3-9-15-18/h1-15,19,23H. The lowest BCUT2D eigenvalue weighted by Crippen LogP contribution is -2.26. The fraction of sp³-hybridized carbons (Fsp3) is 0.0500. The van der Waals surface area contributed by atoms with Crippen LogP contribution in [-0.4, -0.2) is 10.7 Å². The summed E-state index contributed by atoms with van der Waals surface area (Å²) in [6.45, 7) is 0. The molecule has 3 aromatic rings. The number of amidine groups is 1. The highest BCUT2D eigenvalue weighted by atomic mass is 35.5. The van der Waals surface area contributed by atoms with Crippen LogP contribution in [0.15, 0.2) is 95.7 Å². The normalized spacial score (nSPS) is 11.3. The molecule has 0 saturated heterocycles. The smallest absolute Gasteiger partial charge is 0.166 e. The molecule has 0 amide bonds. The first-order chi connectivity index (χ1) is 12.1. The molecule has 0 aromatic heterocycles. The summed E-state index contributed by atoms with van der Waals surface area (Å²) < 4.78 is 4.85. The van der Waals surface area contributed by atoms with Gasteiger partial charge < -0.3 is 0 Å². The SMILES string of the molecule is N=C(N=P(c1ccccc1)(c1ccccc1)c1ccccc1)C(Cl)Cl. The van der Waals surface area contributed by atoms with E-state index in [1.54, 1.807) is 0 Å². The maximum absolute atomic E-state index is 8.24. The van der Waals surface area contributed by atoms with Crippen molar-refractivity contribution in [1.82, 2.24) is 0 Å². The maximum atomic E-state index is 8.24. The molecule has 0 unspecified atom stereocenters. The Morgan fingerprint density at radius 1 is 0.680 bits per heavy atom. The summed E-state index contributed by atoms with van der Waals surface area (Å²) in [5.41, 5.74) is 0. The van der Waals surface area contributed by atoms with E-state index in [1.807, 2.05) is 54.6 Å². The Bertz CT molecular complexity index is 791. The molecule has 0 spiro atoms. The van der Waals surface area contributed by atoms with Crippen molar-refractivity contribution in [2.24, 2.45) is 4.74 Å². The minimum atomic E-state index is -2.43. The van der Waals surface area contributed by atoms with E-state index in [2.05, 4.69) is 36.4 Å². The predicted molar refractivity (Wildman–Crippen MR) is 111 cm³/mol. The largest absolute Gasteiger partial charge is 0.284 e. The van der Waals surface area contributed by atoms with Gasteiger partial charge in [0.05, 0.1) is 7.05 Å². The fourth-order valence-electron chi connectivity index (χ4n) is 2.76. The van der Waals surface area contributed by atoms with Crippen molar-refractivity contribution in [3.8, 4) is 0 Å². The first-order valence-electron chi connectivity index (χ1n) is 7.80. The van der Waals surface area contributed by atoms with Gasteiger partial charge in [0.15, 0.2) is 10.7 Å². The van der Waals surface area contributed by atoms with Gasteiger partial charge in [0.1, 0.15) is 0 Å². The summed E-state index contributed by atoms with van der Waals surface area (Å²) in [4.78, 5) is -0.962. The highest BCUT2D eigenvalue weighted by Gasteiger charge is 2.28. The number of hydrogen-bond donors (Lipinski definition) is 1. The van der Waals surface area contributed by atoms with Crippen LogP contribution in [0.4, 0.5) is 0 Å². The van der Waals surface area contributed by atoms with E-state index in [9.17, 15) is 0 Å². The minimum Gasteiger partial charge on any atom is -0.284 e. The Morgan fingerprint density at radius 3 is 1.28 bits per heavy atom. The second kappa shape index (κ2) is 8.01. The van der Waals surface area contributed by atoms with Crippen LogP contribution in [0, 0.1) is 5.41 Å². The van der Waals surface area contributed by atoms with Gasteiger partial charge in [-0.05, 0) is 0 Å². The van der Waals surface area contributed by atoms with Crippen molar-refractivity contribution in [1.29, 1.82) is 5.41 Å². The van der Waals surface area contributed by atoms with Crippen molar-refractivity contribution in [2.75, 3.05) is 0 Å². The maximum Gasteiger partial charge on any atom is 0.166 e. The fourth-order valence-corrected chi connectivity index (χ4v) is 6.48. The highest BCUT2D eigenvalue weighted by Crippen LogP contribution is 2.46. The first kappa shape index (κ1) is 17.9. The highest BCUT2D eigenvalue weighted by molar-refractivity contribution is 7.87. The molecule has 0 aliphatic carbocycles. The van der Waals surface area contributed by atoms with Gasteiger partial charge in [-0.1, -0.05) is 114 Å². The van der Waals surface area contributed by atoms with Crippen molar-refractivity contribution in [3.05, 3.63) is 91.0 Å². The molecular formula is C20H17Cl2N2P. The molecule has 0 saturated carbocycles. The third-order valence-corrected chi connectivity index (χ3v) is 7.92. The molecule has 0 radical (unpaired) electrons. The third-order valence-electron chi connectivity index (χ3n) is 3.85. The van der Waals surface area contributed by atoms with Crippen LogP contribution in [-0.2, 0) is 0 Å². The van der Waals surface area contributed by atoms with Gasteiger partial charge in [-0.3, -0.25) is 5.41 Å². The molecule has 25 heavy (non-hydrogen) atoms. The number of alkyl halides is 2. The van der Waals surface area contributed by atoms with E-state index in [4.69, 9.17) is 33.4 Å². The molecule has 0 aliphatic rings. The van der Waals surface area contributed by atoms with Gasteiger partial charge in [0, 0.05) is 15.9 Å². The minimum absolute atomic E-state index is 0.0202. The van der Waals surface area contributed by atoms with Gasteiger partial charge >= 0.3 is 0 Å². The molecule has 0 aliphatic heterocycles. The lowest BCUT2D eigenvalue weighted by Gasteiger charge is -2.27. The monoisotopic (exact) mass is 386 g/mol. The molecule has 0 heterocycles. The molecule has 126 valence electrons. The average molecular weight is 387 g/mol. The number of halogens is 2. The Kier molecular flexibility index (Phi) is 5.75. The van der Waals surface area contributed by atoms with Gasteiger partial charge in [0.2, 0.25) is 0 Å².